The van der Waals surface area contributed by atoms with Crippen LogP contribution in [0.4, 0.5) is 0 Å². The van der Waals surface area contributed by atoms with Crippen LogP contribution in [0, 0.1) is 5.92 Å². The Bertz CT molecular complexity index is 516. The number of nitrogens with one attached hydrogen (secondary N) is 1. The molecule has 1 saturated heterocycles. The van der Waals surface area contributed by atoms with Crippen LogP contribution < -0.4 is 10.1 Å². The van der Waals surface area contributed by atoms with Crippen LogP contribution in [0.1, 0.15) is 43.4 Å². The van der Waals surface area contributed by atoms with E-state index in [2.05, 4.69) is 19.2 Å². The van der Waals surface area contributed by atoms with Gasteiger partial charge in [0.15, 0.2) is 0 Å². The summed E-state index contributed by atoms with van der Waals surface area (Å²) in [5.74, 6) is -0.0969. The van der Waals surface area contributed by atoms with Crippen molar-refractivity contribution in [3.05, 3.63) is 28.3 Å². The standard InChI is InChI=1S/C15H20ClNO3/c1-8(2)10-6-14(20-3)12(16)5-11(10)13-4-9(7-17-13)15(18)19/h5-6,8-9,13,17H,4,7H2,1-3H3,(H,18,19). The molecule has 0 aromatic heterocycles. The lowest BCUT2D eigenvalue weighted by atomic mass is 9.90. The summed E-state index contributed by atoms with van der Waals surface area (Å²) in [5, 5.41) is 13.0. The fourth-order valence-electron chi connectivity index (χ4n) is 2.70. The summed E-state index contributed by atoms with van der Waals surface area (Å²) in [6, 6.07) is 3.90. The zero-order valence-electron chi connectivity index (χ0n) is 11.9. The maximum absolute atomic E-state index is 11.1. The number of rotatable bonds is 4. The summed E-state index contributed by atoms with van der Waals surface area (Å²) in [4.78, 5) is 11.1. The Hall–Kier alpha value is -1.26. The first-order chi connectivity index (χ1) is 9.43. The first-order valence-electron chi connectivity index (χ1n) is 6.77. The molecule has 0 spiro atoms. The Morgan fingerprint density at radius 3 is 2.70 bits per heavy atom. The number of halogens is 1. The van der Waals surface area contributed by atoms with E-state index in [0.717, 1.165) is 11.1 Å². The van der Waals surface area contributed by atoms with Crippen molar-refractivity contribution < 1.29 is 14.6 Å². The molecule has 4 nitrogen and oxygen atoms in total. The van der Waals surface area contributed by atoms with Gasteiger partial charge in [-0.15, -0.1) is 0 Å². The quantitative estimate of drug-likeness (QED) is 0.896. The predicted octanol–water partition coefficient (Wildman–Crippen LogP) is 3.21. The van der Waals surface area contributed by atoms with Gasteiger partial charge in [-0.1, -0.05) is 25.4 Å². The van der Waals surface area contributed by atoms with Crippen molar-refractivity contribution in [1.29, 1.82) is 0 Å². The van der Waals surface area contributed by atoms with Gasteiger partial charge >= 0.3 is 5.97 Å². The van der Waals surface area contributed by atoms with Crippen LogP contribution in [0.2, 0.25) is 5.02 Å². The summed E-state index contributed by atoms with van der Waals surface area (Å²) in [6.45, 7) is 4.72. The first-order valence-corrected chi connectivity index (χ1v) is 7.15. The number of hydrogen-bond donors (Lipinski definition) is 2. The molecule has 0 aliphatic carbocycles. The third-order valence-corrected chi connectivity index (χ3v) is 4.13. The van der Waals surface area contributed by atoms with Crippen LogP contribution >= 0.6 is 11.6 Å². The smallest absolute Gasteiger partial charge is 0.307 e. The summed E-state index contributed by atoms with van der Waals surface area (Å²) in [5.41, 5.74) is 2.23. The van der Waals surface area contributed by atoms with Crippen LogP contribution in [0.15, 0.2) is 12.1 Å². The second-order valence-electron chi connectivity index (χ2n) is 5.50. The van der Waals surface area contributed by atoms with Crippen LogP contribution in [-0.2, 0) is 4.79 Å². The third kappa shape index (κ3) is 2.91. The molecule has 2 atom stereocenters. The molecule has 2 rings (SSSR count). The molecule has 1 aromatic rings. The van der Waals surface area contributed by atoms with Gasteiger partial charge in [-0.3, -0.25) is 4.79 Å². The van der Waals surface area contributed by atoms with Crippen molar-refractivity contribution in [3.8, 4) is 5.75 Å². The van der Waals surface area contributed by atoms with Gasteiger partial charge in [-0.25, -0.2) is 0 Å². The van der Waals surface area contributed by atoms with Gasteiger partial charge in [0.25, 0.3) is 0 Å². The lowest BCUT2D eigenvalue weighted by Gasteiger charge is -2.20. The Kier molecular flexibility index (Phi) is 4.55. The first kappa shape index (κ1) is 15.1. The van der Waals surface area contributed by atoms with Gasteiger partial charge in [0.1, 0.15) is 5.75 Å². The second kappa shape index (κ2) is 6.02. The molecule has 2 unspecified atom stereocenters. The summed E-state index contributed by atoms with van der Waals surface area (Å²) < 4.78 is 5.27. The van der Waals surface area contributed by atoms with E-state index in [1.165, 1.54) is 0 Å². The zero-order valence-corrected chi connectivity index (χ0v) is 12.7. The fourth-order valence-corrected chi connectivity index (χ4v) is 2.95. The summed E-state index contributed by atoms with van der Waals surface area (Å²) >= 11 is 6.21. The Labute approximate surface area is 124 Å². The molecule has 0 saturated carbocycles. The Morgan fingerprint density at radius 1 is 1.50 bits per heavy atom. The number of aliphatic carboxylic acids is 1. The molecule has 2 N–H and O–H groups in total. The zero-order chi connectivity index (χ0) is 14.9. The number of hydrogen-bond acceptors (Lipinski definition) is 3. The maximum atomic E-state index is 11.1. The summed E-state index contributed by atoms with van der Waals surface area (Å²) in [7, 11) is 1.60. The molecule has 5 heteroatoms. The molecule has 1 aliphatic rings. The molecule has 1 fully saturated rings. The van der Waals surface area contributed by atoms with Crippen molar-refractivity contribution in [3.63, 3.8) is 0 Å². The van der Waals surface area contributed by atoms with Gasteiger partial charge in [-0.2, -0.15) is 0 Å². The largest absolute Gasteiger partial charge is 0.495 e. The van der Waals surface area contributed by atoms with E-state index in [1.54, 1.807) is 7.11 Å². The number of methoxy groups -OCH3 is 1. The minimum Gasteiger partial charge on any atom is -0.495 e. The average Bonchev–Trinajstić information content (AvgIpc) is 2.87. The highest BCUT2D eigenvalue weighted by Crippen LogP contribution is 2.38. The molecule has 110 valence electrons. The predicted molar refractivity (Wildman–Crippen MR) is 78.6 cm³/mol. The molecular weight excluding hydrogens is 278 g/mol. The normalized spacial score (nSPS) is 22.2. The van der Waals surface area contributed by atoms with Crippen molar-refractivity contribution in [2.45, 2.75) is 32.2 Å². The lowest BCUT2D eigenvalue weighted by molar-refractivity contribution is -0.141. The van der Waals surface area contributed by atoms with E-state index in [-0.39, 0.29) is 12.0 Å². The highest BCUT2D eigenvalue weighted by molar-refractivity contribution is 6.32. The number of carboxylic acid groups (broad SMARTS) is 1. The average molecular weight is 298 g/mol. The molecule has 0 amide bonds. The van der Waals surface area contributed by atoms with E-state index < -0.39 is 5.97 Å². The van der Waals surface area contributed by atoms with Crippen molar-refractivity contribution in [2.24, 2.45) is 5.92 Å². The van der Waals surface area contributed by atoms with Crippen LogP contribution in [-0.4, -0.2) is 24.7 Å². The van der Waals surface area contributed by atoms with Gasteiger partial charge < -0.3 is 15.2 Å². The van der Waals surface area contributed by atoms with Crippen molar-refractivity contribution >= 4 is 17.6 Å². The van der Waals surface area contributed by atoms with E-state index in [4.69, 9.17) is 21.4 Å². The number of benzene rings is 1. The molecule has 0 radical (unpaired) electrons. The molecule has 0 bridgehead atoms. The van der Waals surface area contributed by atoms with Crippen LogP contribution in [0.3, 0.4) is 0 Å². The van der Waals surface area contributed by atoms with Gasteiger partial charge in [0.05, 0.1) is 18.1 Å². The lowest BCUT2D eigenvalue weighted by Crippen LogP contribution is -2.18. The second-order valence-corrected chi connectivity index (χ2v) is 5.91. The van der Waals surface area contributed by atoms with Crippen molar-refractivity contribution in [1.82, 2.24) is 5.32 Å². The van der Waals surface area contributed by atoms with Gasteiger partial charge in [0, 0.05) is 12.6 Å². The fraction of sp³-hybridized carbons (Fsp3) is 0.533. The van der Waals surface area contributed by atoms with Gasteiger partial charge in [-0.05, 0) is 35.6 Å². The molecule has 1 aliphatic heterocycles. The van der Waals surface area contributed by atoms with Crippen LogP contribution in [0.25, 0.3) is 0 Å². The third-order valence-electron chi connectivity index (χ3n) is 3.83. The monoisotopic (exact) mass is 297 g/mol. The van der Waals surface area contributed by atoms with E-state index >= 15 is 0 Å². The molecule has 20 heavy (non-hydrogen) atoms. The Morgan fingerprint density at radius 2 is 2.20 bits per heavy atom. The van der Waals surface area contributed by atoms with E-state index in [9.17, 15) is 4.79 Å². The van der Waals surface area contributed by atoms with Crippen LogP contribution in [0.5, 0.6) is 5.75 Å². The maximum Gasteiger partial charge on any atom is 0.307 e. The van der Waals surface area contributed by atoms with Crippen molar-refractivity contribution in [2.75, 3.05) is 13.7 Å². The SMILES string of the molecule is COc1cc(C(C)C)c(C2CC(C(=O)O)CN2)cc1Cl. The molecule has 1 heterocycles. The highest BCUT2D eigenvalue weighted by atomic mass is 35.5. The minimum absolute atomic E-state index is 0.0388. The van der Waals surface area contributed by atoms with Gasteiger partial charge in [0.2, 0.25) is 0 Å². The van der Waals surface area contributed by atoms with E-state index in [1.807, 2.05) is 12.1 Å². The molecule has 1 aromatic carbocycles. The molecular formula is C15H20ClNO3. The highest BCUT2D eigenvalue weighted by Gasteiger charge is 2.32. The topological polar surface area (TPSA) is 58.6 Å². The number of carboxylic acids is 1. The minimum atomic E-state index is -0.745. The Balaban J connectivity index is 2.36. The summed E-state index contributed by atoms with van der Waals surface area (Å²) in [6.07, 6.45) is 0.595. The number of ether oxygens (including phenoxy) is 1. The van der Waals surface area contributed by atoms with E-state index in [0.29, 0.717) is 29.7 Å². The number of carbonyl (C=O) groups is 1.